The van der Waals surface area contributed by atoms with Gasteiger partial charge >= 0.3 is 0 Å². The quantitative estimate of drug-likeness (QED) is 0.865. The summed E-state index contributed by atoms with van der Waals surface area (Å²) in [5, 5.41) is 4.10. The van der Waals surface area contributed by atoms with Gasteiger partial charge in [-0.2, -0.15) is 5.10 Å². The van der Waals surface area contributed by atoms with E-state index in [0.29, 0.717) is 17.9 Å². The molecule has 0 amide bonds. The molecule has 0 saturated carbocycles. The molecule has 0 unspecified atom stereocenters. The molecule has 1 heterocycles. The van der Waals surface area contributed by atoms with Crippen molar-refractivity contribution >= 4 is 15.8 Å². The fourth-order valence-corrected chi connectivity index (χ4v) is 3.11. The predicted molar refractivity (Wildman–Crippen MR) is 78.5 cm³/mol. The van der Waals surface area contributed by atoms with Gasteiger partial charge in [-0.1, -0.05) is 24.3 Å². The van der Waals surface area contributed by atoms with E-state index in [4.69, 9.17) is 5.73 Å². The van der Waals surface area contributed by atoms with Gasteiger partial charge in [0.1, 0.15) is 5.82 Å². The van der Waals surface area contributed by atoms with Crippen molar-refractivity contribution in [1.82, 2.24) is 9.78 Å². The summed E-state index contributed by atoms with van der Waals surface area (Å²) >= 11 is 0. The first kappa shape index (κ1) is 14.5. The molecule has 0 aliphatic heterocycles. The Bertz CT molecular complexity index is 690. The van der Waals surface area contributed by atoms with Gasteiger partial charge in [-0.3, -0.25) is 9.40 Å². The average Bonchev–Trinajstić information content (AvgIpc) is 2.67. The van der Waals surface area contributed by atoms with Crippen LogP contribution >= 0.6 is 0 Å². The molecule has 108 valence electrons. The van der Waals surface area contributed by atoms with Crippen LogP contribution in [0.1, 0.15) is 16.8 Å². The molecule has 1 aromatic heterocycles. The summed E-state index contributed by atoms with van der Waals surface area (Å²) in [5.41, 5.74) is 7.96. The Morgan fingerprint density at radius 1 is 1.25 bits per heavy atom. The summed E-state index contributed by atoms with van der Waals surface area (Å²) in [6.07, 6.45) is 0. The van der Waals surface area contributed by atoms with Crippen molar-refractivity contribution in [1.29, 1.82) is 0 Å². The van der Waals surface area contributed by atoms with Gasteiger partial charge in [-0.05, 0) is 18.1 Å². The van der Waals surface area contributed by atoms with Crippen LogP contribution in [0, 0.1) is 6.92 Å². The summed E-state index contributed by atoms with van der Waals surface area (Å²) < 4.78 is 28.3. The lowest BCUT2D eigenvalue weighted by Crippen LogP contribution is -2.17. The number of aromatic nitrogens is 2. The maximum atomic E-state index is 12.1. The zero-order chi connectivity index (χ0) is 14.8. The highest BCUT2D eigenvalue weighted by molar-refractivity contribution is 7.91. The molecule has 0 spiro atoms. The fraction of sp³-hybridized carbons (Fsp3) is 0.308. The molecule has 0 atom stereocenters. The monoisotopic (exact) mass is 294 g/mol. The number of anilines is 1. The maximum Gasteiger partial charge on any atom is 0.238 e. The van der Waals surface area contributed by atoms with Gasteiger partial charge in [0.15, 0.2) is 0 Å². The average molecular weight is 294 g/mol. The number of nitrogens with one attached hydrogen (secondary N) is 1. The number of rotatable bonds is 5. The largest absolute Gasteiger partial charge is 0.326 e. The van der Waals surface area contributed by atoms with E-state index in [0.717, 1.165) is 11.3 Å². The number of nitrogens with two attached hydrogens (primary N) is 1. The minimum absolute atomic E-state index is 0.0813. The summed E-state index contributed by atoms with van der Waals surface area (Å²) in [7, 11) is -1.76. The van der Waals surface area contributed by atoms with Crippen LogP contribution in [0.15, 0.2) is 30.3 Å². The number of hydrogen-bond donors (Lipinski definition) is 2. The molecule has 2 aromatic rings. The van der Waals surface area contributed by atoms with Gasteiger partial charge < -0.3 is 5.73 Å². The topological polar surface area (TPSA) is 90.0 Å². The van der Waals surface area contributed by atoms with Gasteiger partial charge in [0.2, 0.25) is 10.0 Å². The molecule has 0 radical (unpaired) electrons. The van der Waals surface area contributed by atoms with E-state index in [1.54, 1.807) is 25.2 Å². The Morgan fingerprint density at radius 2 is 1.85 bits per heavy atom. The Morgan fingerprint density at radius 3 is 2.35 bits per heavy atom. The summed E-state index contributed by atoms with van der Waals surface area (Å²) in [6, 6.07) is 8.90. The third kappa shape index (κ3) is 3.58. The van der Waals surface area contributed by atoms with Gasteiger partial charge in [-0.15, -0.1) is 0 Å². The first-order chi connectivity index (χ1) is 9.39. The Hall–Kier alpha value is -1.86. The standard InChI is InChI=1S/C13H18N4O2S/c1-10-7-13(17(2)15-10)16-20(18,19)9-12-5-3-11(8-14)4-6-12/h3-7,16H,8-9,14H2,1-2H3. The van der Waals surface area contributed by atoms with Crippen LogP contribution in [0.2, 0.25) is 0 Å². The van der Waals surface area contributed by atoms with Crippen molar-refractivity contribution < 1.29 is 8.42 Å². The van der Waals surface area contributed by atoms with Gasteiger partial charge in [0, 0.05) is 19.7 Å². The number of nitrogens with zero attached hydrogens (tertiary/aromatic N) is 2. The van der Waals surface area contributed by atoms with E-state index in [-0.39, 0.29) is 5.75 Å². The van der Waals surface area contributed by atoms with E-state index in [1.165, 1.54) is 4.68 Å². The van der Waals surface area contributed by atoms with Crippen molar-refractivity contribution in [3.8, 4) is 0 Å². The van der Waals surface area contributed by atoms with Crippen molar-refractivity contribution in [2.24, 2.45) is 12.8 Å². The lowest BCUT2D eigenvalue weighted by atomic mass is 10.1. The first-order valence-electron chi connectivity index (χ1n) is 6.18. The van der Waals surface area contributed by atoms with Gasteiger partial charge in [0.25, 0.3) is 0 Å². The lowest BCUT2D eigenvalue weighted by Gasteiger charge is -2.08. The Kier molecular flexibility index (Phi) is 4.10. The predicted octanol–water partition coefficient (Wildman–Crippen LogP) is 1.13. The van der Waals surface area contributed by atoms with E-state index < -0.39 is 10.0 Å². The number of sulfonamides is 1. The lowest BCUT2D eigenvalue weighted by molar-refractivity contribution is 0.599. The van der Waals surface area contributed by atoms with Crippen LogP contribution in [0.5, 0.6) is 0 Å². The van der Waals surface area contributed by atoms with Gasteiger partial charge in [-0.25, -0.2) is 8.42 Å². The zero-order valence-corrected chi connectivity index (χ0v) is 12.3. The maximum absolute atomic E-state index is 12.1. The molecule has 7 heteroatoms. The van der Waals surface area contributed by atoms with Crippen LogP contribution in [0.3, 0.4) is 0 Å². The Labute approximate surface area is 118 Å². The molecular weight excluding hydrogens is 276 g/mol. The minimum Gasteiger partial charge on any atom is -0.326 e. The van der Waals surface area contributed by atoms with Crippen molar-refractivity contribution in [2.45, 2.75) is 19.2 Å². The molecule has 3 N–H and O–H groups in total. The highest BCUT2D eigenvalue weighted by atomic mass is 32.2. The second-order valence-electron chi connectivity index (χ2n) is 4.68. The van der Waals surface area contributed by atoms with E-state index >= 15 is 0 Å². The highest BCUT2D eigenvalue weighted by Gasteiger charge is 2.14. The zero-order valence-electron chi connectivity index (χ0n) is 11.5. The Balaban J connectivity index is 2.12. The van der Waals surface area contributed by atoms with Crippen LogP contribution in [-0.4, -0.2) is 18.2 Å². The third-order valence-corrected chi connectivity index (χ3v) is 4.11. The minimum atomic E-state index is -3.46. The molecule has 0 bridgehead atoms. The van der Waals surface area contributed by atoms with Crippen LogP contribution in [-0.2, 0) is 29.4 Å². The van der Waals surface area contributed by atoms with Crippen LogP contribution < -0.4 is 10.5 Å². The molecule has 1 aromatic carbocycles. The summed E-state index contributed by atoms with van der Waals surface area (Å²) in [6.45, 7) is 2.25. The fourth-order valence-electron chi connectivity index (χ4n) is 1.89. The summed E-state index contributed by atoms with van der Waals surface area (Å²) in [5.74, 6) is 0.378. The number of hydrogen-bond acceptors (Lipinski definition) is 4. The van der Waals surface area contributed by atoms with Crippen molar-refractivity contribution in [3.63, 3.8) is 0 Å². The molecule has 0 aliphatic rings. The second-order valence-corrected chi connectivity index (χ2v) is 6.40. The third-order valence-electron chi connectivity index (χ3n) is 2.88. The van der Waals surface area contributed by atoms with Crippen LogP contribution in [0.4, 0.5) is 5.82 Å². The first-order valence-corrected chi connectivity index (χ1v) is 7.84. The molecule has 0 aliphatic carbocycles. The smallest absolute Gasteiger partial charge is 0.238 e. The molecular formula is C13H18N4O2S. The molecule has 6 nitrogen and oxygen atoms in total. The number of aryl methyl sites for hydroxylation is 2. The highest BCUT2D eigenvalue weighted by Crippen LogP contribution is 2.14. The number of benzene rings is 1. The van der Waals surface area contributed by atoms with Crippen LogP contribution in [0.25, 0.3) is 0 Å². The van der Waals surface area contributed by atoms with Crippen molar-refractivity contribution in [2.75, 3.05) is 4.72 Å². The van der Waals surface area contributed by atoms with E-state index in [2.05, 4.69) is 9.82 Å². The molecule has 0 saturated heterocycles. The van der Waals surface area contributed by atoms with Crippen molar-refractivity contribution in [3.05, 3.63) is 47.2 Å². The SMILES string of the molecule is Cc1cc(NS(=O)(=O)Cc2ccc(CN)cc2)n(C)n1. The van der Waals surface area contributed by atoms with Gasteiger partial charge in [0.05, 0.1) is 11.4 Å². The second kappa shape index (κ2) is 5.64. The normalized spacial score (nSPS) is 11.6. The molecule has 0 fully saturated rings. The van der Waals surface area contributed by atoms with E-state index in [1.807, 2.05) is 19.1 Å². The molecule has 2 rings (SSSR count). The summed E-state index contributed by atoms with van der Waals surface area (Å²) in [4.78, 5) is 0. The molecule has 20 heavy (non-hydrogen) atoms. The van der Waals surface area contributed by atoms with E-state index in [9.17, 15) is 8.42 Å².